The highest BCUT2D eigenvalue weighted by Crippen LogP contribution is 2.30. The van der Waals surface area contributed by atoms with Crippen LogP contribution in [0.2, 0.25) is 5.02 Å². The first-order valence-electron chi connectivity index (χ1n) is 10.7. The summed E-state index contributed by atoms with van der Waals surface area (Å²) in [6.07, 6.45) is -8.55. The molecule has 0 saturated carbocycles. The first-order chi connectivity index (χ1) is 17.3. The molecule has 4 nitrogen and oxygen atoms in total. The Morgan fingerprint density at radius 3 is 2.19 bits per heavy atom. The second-order valence-electron chi connectivity index (χ2n) is 7.71. The van der Waals surface area contributed by atoms with Gasteiger partial charge in [-0.15, -0.1) is 0 Å². The largest absolute Gasteiger partial charge is 0.462 e. The summed E-state index contributed by atoms with van der Waals surface area (Å²) in [4.78, 5) is 16.6. The number of nitrogens with zero attached hydrogens (tertiary/aromatic N) is 1. The van der Waals surface area contributed by atoms with E-state index < -0.39 is 29.6 Å². The Bertz CT molecular complexity index is 1320. The average molecular weight is 541 g/mol. The van der Waals surface area contributed by atoms with Gasteiger partial charge in [0.15, 0.2) is 0 Å². The van der Waals surface area contributed by atoms with Crippen LogP contribution in [0.4, 0.5) is 32.0 Å². The molecular weight excluding hydrogens is 522 g/mol. The van der Waals surface area contributed by atoms with Crippen molar-refractivity contribution in [2.45, 2.75) is 18.8 Å². The zero-order valence-corrected chi connectivity index (χ0v) is 19.7. The van der Waals surface area contributed by atoms with Gasteiger partial charge in [0, 0.05) is 12.0 Å². The Hall–Kier alpha value is -3.79. The van der Waals surface area contributed by atoms with Crippen LogP contribution in [0.3, 0.4) is 0 Å². The molecule has 0 atom stereocenters. The summed E-state index contributed by atoms with van der Waals surface area (Å²) in [5.41, 5.74) is 3.70. The van der Waals surface area contributed by atoms with E-state index in [0.29, 0.717) is 11.6 Å². The second-order valence-corrected chi connectivity index (χ2v) is 8.11. The third-order valence-corrected chi connectivity index (χ3v) is 5.33. The molecule has 0 radical (unpaired) electrons. The number of rotatable bonds is 7. The van der Waals surface area contributed by atoms with Crippen molar-refractivity contribution in [3.05, 3.63) is 112 Å². The molecule has 0 aliphatic carbocycles. The number of halogens is 7. The topological polar surface area (TPSA) is 64.7 Å². The van der Waals surface area contributed by atoms with Gasteiger partial charge in [0.25, 0.3) is 0 Å². The van der Waals surface area contributed by atoms with Gasteiger partial charge in [-0.2, -0.15) is 26.3 Å². The summed E-state index contributed by atoms with van der Waals surface area (Å²) in [5.74, 6) is -0.756. The number of allylic oxidation sites excluding steroid dienone is 2. The molecule has 0 spiro atoms. The van der Waals surface area contributed by atoms with Crippen LogP contribution in [0.1, 0.15) is 27.0 Å². The van der Waals surface area contributed by atoms with Gasteiger partial charge in [0.05, 0.1) is 34.2 Å². The van der Waals surface area contributed by atoms with E-state index in [1.165, 1.54) is 48.5 Å². The number of nitrogens with two attached hydrogens (primary N) is 1. The molecule has 0 bridgehead atoms. The van der Waals surface area contributed by atoms with Crippen molar-refractivity contribution in [2.75, 3.05) is 6.61 Å². The summed E-state index contributed by atoms with van der Waals surface area (Å²) < 4.78 is 82.8. The molecule has 0 aromatic heterocycles. The van der Waals surface area contributed by atoms with Crippen molar-refractivity contribution >= 4 is 29.0 Å². The maximum absolute atomic E-state index is 13.0. The smallest absolute Gasteiger partial charge is 0.430 e. The summed E-state index contributed by atoms with van der Waals surface area (Å²) in [5, 5.41) is 0.208. The Morgan fingerprint density at radius 1 is 0.919 bits per heavy atom. The number of benzene rings is 3. The van der Waals surface area contributed by atoms with E-state index in [-0.39, 0.29) is 40.6 Å². The van der Waals surface area contributed by atoms with Crippen molar-refractivity contribution in [1.82, 2.24) is 0 Å². The molecule has 0 aliphatic heterocycles. The quantitative estimate of drug-likeness (QED) is 0.194. The van der Waals surface area contributed by atoms with E-state index in [9.17, 15) is 31.1 Å². The van der Waals surface area contributed by atoms with Crippen LogP contribution >= 0.6 is 11.6 Å². The number of carbonyl (C=O) groups is 1. The van der Waals surface area contributed by atoms with E-state index in [2.05, 4.69) is 4.99 Å². The average Bonchev–Trinajstić information content (AvgIpc) is 2.84. The van der Waals surface area contributed by atoms with Crippen LogP contribution in [-0.4, -0.2) is 24.5 Å². The molecule has 11 heteroatoms. The SMILES string of the molecule is N/C(=C\C(=Nc1ccccc1Cl)c1ccc(C(=O)OCCc2cccc(C(F)(F)F)c2)cc1)C(F)(F)F. The monoisotopic (exact) mass is 540 g/mol. The Labute approximate surface area is 213 Å². The fourth-order valence-electron chi connectivity index (χ4n) is 3.11. The van der Waals surface area contributed by atoms with Crippen LogP contribution in [0.15, 0.2) is 89.6 Å². The Balaban J connectivity index is 1.75. The molecule has 0 heterocycles. The van der Waals surface area contributed by atoms with Gasteiger partial charge in [-0.1, -0.05) is 54.1 Å². The van der Waals surface area contributed by atoms with Gasteiger partial charge in [-0.05, 0) is 42.0 Å². The van der Waals surface area contributed by atoms with Gasteiger partial charge >= 0.3 is 18.3 Å². The van der Waals surface area contributed by atoms with Crippen LogP contribution in [0, 0.1) is 0 Å². The maximum Gasteiger partial charge on any atom is 0.430 e. The number of alkyl halides is 6. The maximum atomic E-state index is 13.0. The van der Waals surface area contributed by atoms with Crippen molar-refractivity contribution < 1.29 is 35.9 Å². The van der Waals surface area contributed by atoms with Gasteiger partial charge in [-0.25, -0.2) is 9.79 Å². The lowest BCUT2D eigenvalue weighted by Crippen LogP contribution is -2.21. The molecule has 0 fully saturated rings. The molecule has 0 saturated heterocycles. The summed E-state index contributed by atoms with van der Waals surface area (Å²) in [6.45, 7) is -0.175. The molecule has 3 aromatic carbocycles. The third kappa shape index (κ3) is 7.85. The molecule has 194 valence electrons. The summed E-state index contributed by atoms with van der Waals surface area (Å²) in [7, 11) is 0. The summed E-state index contributed by atoms with van der Waals surface area (Å²) in [6, 6.07) is 16.3. The molecular formula is C26H19ClF6N2O2. The predicted molar refractivity (Wildman–Crippen MR) is 128 cm³/mol. The zero-order valence-electron chi connectivity index (χ0n) is 18.9. The lowest BCUT2D eigenvalue weighted by Gasteiger charge is -2.10. The van der Waals surface area contributed by atoms with E-state index in [0.717, 1.165) is 12.1 Å². The lowest BCUT2D eigenvalue weighted by atomic mass is 10.1. The first kappa shape index (κ1) is 27.8. The minimum absolute atomic E-state index is 0.0594. The van der Waals surface area contributed by atoms with Gasteiger partial charge in [0.1, 0.15) is 5.70 Å². The highest BCUT2D eigenvalue weighted by atomic mass is 35.5. The van der Waals surface area contributed by atoms with Crippen molar-refractivity contribution in [3.63, 3.8) is 0 Å². The minimum atomic E-state index is -4.79. The van der Waals surface area contributed by atoms with E-state index in [1.54, 1.807) is 12.1 Å². The number of ether oxygens (including phenoxy) is 1. The second kappa shape index (κ2) is 11.5. The predicted octanol–water partition coefficient (Wildman–Crippen LogP) is 7.28. The number of para-hydroxylation sites is 1. The molecule has 3 aromatic rings. The number of hydrogen-bond donors (Lipinski definition) is 1. The highest BCUT2D eigenvalue weighted by Gasteiger charge is 2.32. The fourth-order valence-corrected chi connectivity index (χ4v) is 3.28. The first-order valence-corrected chi connectivity index (χ1v) is 11.0. The van der Waals surface area contributed by atoms with Gasteiger partial charge in [0.2, 0.25) is 0 Å². The lowest BCUT2D eigenvalue weighted by molar-refractivity contribution is -0.137. The van der Waals surface area contributed by atoms with E-state index >= 15 is 0 Å². The fraction of sp³-hybridized carbons (Fsp3) is 0.154. The number of esters is 1. The number of carbonyl (C=O) groups excluding carboxylic acids is 1. The van der Waals surface area contributed by atoms with Crippen LogP contribution in [-0.2, 0) is 17.3 Å². The molecule has 3 rings (SSSR count). The van der Waals surface area contributed by atoms with Crippen molar-refractivity contribution in [3.8, 4) is 0 Å². The number of hydrogen-bond acceptors (Lipinski definition) is 4. The molecule has 0 amide bonds. The van der Waals surface area contributed by atoms with E-state index in [1.807, 2.05) is 0 Å². The zero-order chi connectivity index (χ0) is 27.2. The third-order valence-electron chi connectivity index (χ3n) is 5.01. The number of aliphatic imine (C=N–C) groups is 1. The molecule has 0 aliphatic rings. The van der Waals surface area contributed by atoms with Crippen molar-refractivity contribution in [2.24, 2.45) is 10.7 Å². The van der Waals surface area contributed by atoms with Crippen LogP contribution < -0.4 is 5.73 Å². The van der Waals surface area contributed by atoms with Crippen LogP contribution in [0.25, 0.3) is 0 Å². The summed E-state index contributed by atoms with van der Waals surface area (Å²) >= 11 is 6.07. The Kier molecular flexibility index (Phi) is 8.65. The minimum Gasteiger partial charge on any atom is -0.462 e. The van der Waals surface area contributed by atoms with Gasteiger partial charge in [-0.3, -0.25) is 0 Å². The molecule has 0 unspecified atom stereocenters. The standard InChI is InChI=1S/C26H19ClF6N2O2/c27-20-6-1-2-7-21(20)35-22(15-23(34)26(31,32)33)17-8-10-18(11-9-17)24(36)37-13-12-16-4-3-5-19(14-16)25(28,29)30/h1-11,14-15H,12-13,34H2/b23-15-,35-22?. The highest BCUT2D eigenvalue weighted by molar-refractivity contribution is 6.33. The Morgan fingerprint density at radius 2 is 1.57 bits per heavy atom. The van der Waals surface area contributed by atoms with Crippen molar-refractivity contribution in [1.29, 1.82) is 0 Å². The molecule has 37 heavy (non-hydrogen) atoms. The van der Waals surface area contributed by atoms with E-state index in [4.69, 9.17) is 22.1 Å². The molecule has 2 N–H and O–H groups in total. The normalized spacial score (nSPS) is 12.9. The van der Waals surface area contributed by atoms with Gasteiger partial charge < -0.3 is 10.5 Å². The van der Waals surface area contributed by atoms with Crippen LogP contribution in [0.5, 0.6) is 0 Å².